The van der Waals surface area contributed by atoms with E-state index in [0.717, 1.165) is 18.5 Å². The van der Waals surface area contributed by atoms with Gasteiger partial charge in [-0.1, -0.05) is 29.3 Å². The van der Waals surface area contributed by atoms with E-state index in [1.807, 2.05) is 19.1 Å². The van der Waals surface area contributed by atoms with Crippen molar-refractivity contribution < 1.29 is 9.84 Å². The van der Waals surface area contributed by atoms with Crippen LogP contribution in [0.4, 0.5) is 0 Å². The van der Waals surface area contributed by atoms with Crippen molar-refractivity contribution in [3.8, 4) is 0 Å². The van der Waals surface area contributed by atoms with Crippen molar-refractivity contribution in [1.29, 1.82) is 0 Å². The molecule has 0 bridgehead atoms. The molecule has 0 aliphatic carbocycles. The first-order chi connectivity index (χ1) is 8.63. The number of hydrogen-bond donors (Lipinski definition) is 2. The minimum absolute atomic E-state index is 0.366. The molecule has 0 heterocycles. The highest BCUT2D eigenvalue weighted by Crippen LogP contribution is 2.20. The Balaban J connectivity index is 2.21. The Morgan fingerprint density at radius 1 is 1.39 bits per heavy atom. The molecule has 1 unspecified atom stereocenters. The number of aliphatic hydroxyl groups excluding tert-OH is 1. The van der Waals surface area contributed by atoms with Gasteiger partial charge in [0.05, 0.1) is 12.7 Å². The molecule has 0 saturated heterocycles. The van der Waals surface area contributed by atoms with E-state index in [9.17, 15) is 5.11 Å². The number of rotatable bonds is 8. The highest BCUT2D eigenvalue weighted by atomic mass is 35.5. The molecule has 5 heteroatoms. The SMILES string of the molecule is CCOCC(O)CNCCc1ccc(Cl)cc1Cl. The molecule has 0 fully saturated rings. The van der Waals surface area contributed by atoms with E-state index in [-0.39, 0.29) is 0 Å². The normalized spacial score (nSPS) is 12.7. The molecule has 1 aromatic carbocycles. The fourth-order valence-corrected chi connectivity index (χ4v) is 2.03. The summed E-state index contributed by atoms with van der Waals surface area (Å²) in [7, 11) is 0. The van der Waals surface area contributed by atoms with E-state index < -0.39 is 6.10 Å². The fraction of sp³-hybridized carbons (Fsp3) is 0.538. The minimum Gasteiger partial charge on any atom is -0.389 e. The van der Waals surface area contributed by atoms with E-state index in [1.54, 1.807) is 6.07 Å². The molecule has 1 rings (SSSR count). The highest BCUT2D eigenvalue weighted by molar-refractivity contribution is 6.35. The number of halogens is 2. The largest absolute Gasteiger partial charge is 0.389 e. The van der Waals surface area contributed by atoms with Crippen LogP contribution >= 0.6 is 23.2 Å². The van der Waals surface area contributed by atoms with Gasteiger partial charge in [0.15, 0.2) is 0 Å². The predicted molar refractivity (Wildman–Crippen MR) is 75.5 cm³/mol. The Kier molecular flexibility index (Phi) is 7.63. The standard InChI is InChI=1S/C13H19Cl2NO2/c1-2-18-9-12(17)8-16-6-5-10-3-4-11(14)7-13(10)15/h3-4,7,12,16-17H,2,5-6,8-9H2,1H3. The Morgan fingerprint density at radius 2 is 2.17 bits per heavy atom. The zero-order valence-electron chi connectivity index (χ0n) is 10.5. The molecule has 0 amide bonds. The van der Waals surface area contributed by atoms with Gasteiger partial charge in [0, 0.05) is 23.2 Å². The van der Waals surface area contributed by atoms with Gasteiger partial charge in [-0.15, -0.1) is 0 Å². The van der Waals surface area contributed by atoms with Crippen LogP contribution in [-0.2, 0) is 11.2 Å². The predicted octanol–water partition coefficient (Wildman–Crippen LogP) is 2.52. The molecule has 0 aliphatic rings. The van der Waals surface area contributed by atoms with Gasteiger partial charge in [0.2, 0.25) is 0 Å². The van der Waals surface area contributed by atoms with E-state index in [1.165, 1.54) is 0 Å². The van der Waals surface area contributed by atoms with Gasteiger partial charge in [-0.3, -0.25) is 0 Å². The average Bonchev–Trinajstić information content (AvgIpc) is 2.34. The molecule has 0 saturated carbocycles. The third-order valence-electron chi connectivity index (χ3n) is 2.48. The third-order valence-corrected chi connectivity index (χ3v) is 3.07. The number of ether oxygens (including phenoxy) is 1. The molecule has 0 aromatic heterocycles. The maximum atomic E-state index is 9.54. The lowest BCUT2D eigenvalue weighted by molar-refractivity contribution is 0.0430. The van der Waals surface area contributed by atoms with Crippen LogP contribution in [0, 0.1) is 0 Å². The van der Waals surface area contributed by atoms with E-state index in [4.69, 9.17) is 27.9 Å². The van der Waals surface area contributed by atoms with Crippen molar-refractivity contribution >= 4 is 23.2 Å². The van der Waals surface area contributed by atoms with Gasteiger partial charge in [-0.25, -0.2) is 0 Å². The van der Waals surface area contributed by atoms with Crippen LogP contribution in [-0.4, -0.2) is 37.5 Å². The lowest BCUT2D eigenvalue weighted by atomic mass is 10.1. The monoisotopic (exact) mass is 291 g/mol. The van der Waals surface area contributed by atoms with Crippen molar-refractivity contribution in [3.63, 3.8) is 0 Å². The van der Waals surface area contributed by atoms with E-state index in [2.05, 4.69) is 5.32 Å². The minimum atomic E-state index is -0.467. The van der Waals surface area contributed by atoms with Gasteiger partial charge >= 0.3 is 0 Å². The molecule has 0 aliphatic heterocycles. The summed E-state index contributed by atoms with van der Waals surface area (Å²) in [6, 6.07) is 5.48. The van der Waals surface area contributed by atoms with Crippen molar-refractivity contribution in [3.05, 3.63) is 33.8 Å². The first kappa shape index (κ1) is 15.7. The summed E-state index contributed by atoms with van der Waals surface area (Å²) < 4.78 is 5.12. The summed E-state index contributed by atoms with van der Waals surface area (Å²) in [6.07, 6.45) is 0.336. The lowest BCUT2D eigenvalue weighted by Gasteiger charge is -2.12. The van der Waals surface area contributed by atoms with Crippen LogP contribution < -0.4 is 5.32 Å². The molecule has 3 nitrogen and oxygen atoms in total. The van der Waals surface area contributed by atoms with Gasteiger partial charge in [-0.2, -0.15) is 0 Å². The first-order valence-corrected chi connectivity index (χ1v) is 6.79. The molecule has 102 valence electrons. The molecular formula is C13H19Cl2NO2. The molecule has 1 atom stereocenters. The zero-order chi connectivity index (χ0) is 13.4. The number of benzene rings is 1. The Labute approximate surface area is 118 Å². The zero-order valence-corrected chi connectivity index (χ0v) is 12.0. The van der Waals surface area contributed by atoms with Crippen molar-refractivity contribution in [1.82, 2.24) is 5.32 Å². The second-order valence-corrected chi connectivity index (χ2v) is 4.85. The summed E-state index contributed by atoms with van der Waals surface area (Å²) >= 11 is 11.9. The second-order valence-electron chi connectivity index (χ2n) is 4.00. The molecule has 1 aromatic rings. The van der Waals surface area contributed by atoms with Crippen LogP contribution in [0.25, 0.3) is 0 Å². The maximum Gasteiger partial charge on any atom is 0.0897 e. The molecule has 2 N–H and O–H groups in total. The van der Waals surface area contributed by atoms with E-state index >= 15 is 0 Å². The Hall–Kier alpha value is -0.320. The van der Waals surface area contributed by atoms with Crippen LogP contribution in [0.3, 0.4) is 0 Å². The van der Waals surface area contributed by atoms with Gasteiger partial charge in [0.1, 0.15) is 0 Å². The number of nitrogens with one attached hydrogen (secondary N) is 1. The lowest BCUT2D eigenvalue weighted by Crippen LogP contribution is -2.31. The van der Waals surface area contributed by atoms with Crippen molar-refractivity contribution in [2.75, 3.05) is 26.3 Å². The maximum absolute atomic E-state index is 9.54. The van der Waals surface area contributed by atoms with E-state index in [0.29, 0.717) is 29.8 Å². The summed E-state index contributed by atoms with van der Waals surface area (Å²) in [5.41, 5.74) is 1.05. The second kappa shape index (κ2) is 8.73. The van der Waals surface area contributed by atoms with Crippen LogP contribution in [0.5, 0.6) is 0 Å². The Bertz CT molecular complexity index is 361. The number of aliphatic hydroxyl groups is 1. The van der Waals surface area contributed by atoms with Crippen LogP contribution in [0.1, 0.15) is 12.5 Å². The summed E-state index contributed by atoms with van der Waals surface area (Å²) in [4.78, 5) is 0. The van der Waals surface area contributed by atoms with Crippen LogP contribution in [0.15, 0.2) is 18.2 Å². The highest BCUT2D eigenvalue weighted by Gasteiger charge is 2.04. The molecule has 0 radical (unpaired) electrons. The first-order valence-electron chi connectivity index (χ1n) is 6.04. The smallest absolute Gasteiger partial charge is 0.0897 e. The van der Waals surface area contributed by atoms with Gasteiger partial charge < -0.3 is 15.2 Å². The average molecular weight is 292 g/mol. The topological polar surface area (TPSA) is 41.5 Å². The molecule has 0 spiro atoms. The third kappa shape index (κ3) is 6.03. The summed E-state index contributed by atoms with van der Waals surface area (Å²) in [5, 5.41) is 14.0. The fourth-order valence-electron chi connectivity index (χ4n) is 1.53. The van der Waals surface area contributed by atoms with Gasteiger partial charge in [-0.05, 0) is 37.6 Å². The Morgan fingerprint density at radius 3 is 2.83 bits per heavy atom. The van der Waals surface area contributed by atoms with Gasteiger partial charge in [0.25, 0.3) is 0 Å². The van der Waals surface area contributed by atoms with Crippen molar-refractivity contribution in [2.24, 2.45) is 0 Å². The number of hydrogen-bond acceptors (Lipinski definition) is 3. The molecule has 18 heavy (non-hydrogen) atoms. The quantitative estimate of drug-likeness (QED) is 0.723. The van der Waals surface area contributed by atoms with Crippen molar-refractivity contribution in [2.45, 2.75) is 19.4 Å². The van der Waals surface area contributed by atoms with Crippen LogP contribution in [0.2, 0.25) is 10.0 Å². The summed E-state index contributed by atoms with van der Waals surface area (Å²) in [5.74, 6) is 0. The molecular weight excluding hydrogens is 273 g/mol. The summed E-state index contributed by atoms with van der Waals surface area (Å²) in [6.45, 7) is 4.17.